The zero-order valence-corrected chi connectivity index (χ0v) is 12.3. The minimum Gasteiger partial charge on any atom is -0.388 e. The summed E-state index contributed by atoms with van der Waals surface area (Å²) >= 11 is 8.85. The van der Waals surface area contributed by atoms with Crippen LogP contribution in [0.3, 0.4) is 0 Å². The van der Waals surface area contributed by atoms with Crippen LogP contribution in [0.2, 0.25) is 5.02 Å². The van der Waals surface area contributed by atoms with Gasteiger partial charge in [0.2, 0.25) is 5.92 Å². The van der Waals surface area contributed by atoms with E-state index in [1.807, 2.05) is 0 Å². The van der Waals surface area contributed by atoms with Gasteiger partial charge in [-0.25, -0.2) is 13.2 Å². The van der Waals surface area contributed by atoms with Gasteiger partial charge in [-0.2, -0.15) is 0 Å². The van der Waals surface area contributed by atoms with E-state index in [4.69, 9.17) is 11.6 Å². The molecule has 1 aliphatic carbocycles. The average Bonchev–Trinajstić information content (AvgIpc) is 2.35. The van der Waals surface area contributed by atoms with Crippen LogP contribution < -0.4 is 0 Å². The molecule has 1 atom stereocenters. The van der Waals surface area contributed by atoms with Crippen LogP contribution >= 0.6 is 27.5 Å². The van der Waals surface area contributed by atoms with Crippen molar-refractivity contribution in [3.05, 3.63) is 33.0 Å². The number of hydrogen-bond donors (Lipinski definition) is 1. The molecule has 0 aliphatic heterocycles. The van der Waals surface area contributed by atoms with Gasteiger partial charge in [0.05, 0.1) is 11.1 Å². The van der Waals surface area contributed by atoms with Crippen molar-refractivity contribution in [1.82, 2.24) is 0 Å². The quantitative estimate of drug-likeness (QED) is 0.730. The molecule has 0 heterocycles. The normalized spacial score (nSPS) is 21.4. The van der Waals surface area contributed by atoms with Crippen LogP contribution in [0, 0.1) is 11.7 Å². The molecule has 1 aromatic carbocycles. The SMILES string of the molecule is OC(c1ccc(Br)c(Cl)c1F)C1CCC(F)(F)CC1. The number of hydrogen-bond acceptors (Lipinski definition) is 1. The Morgan fingerprint density at radius 1 is 1.32 bits per heavy atom. The lowest BCUT2D eigenvalue weighted by molar-refractivity contribution is -0.0630. The van der Waals surface area contributed by atoms with Gasteiger partial charge in [0, 0.05) is 22.9 Å². The van der Waals surface area contributed by atoms with E-state index in [1.54, 1.807) is 6.07 Å². The summed E-state index contributed by atoms with van der Waals surface area (Å²) in [6.07, 6.45) is -1.26. The van der Waals surface area contributed by atoms with Crippen molar-refractivity contribution >= 4 is 27.5 Å². The molecule has 2 rings (SSSR count). The molecule has 1 N–H and O–H groups in total. The van der Waals surface area contributed by atoms with E-state index in [2.05, 4.69) is 15.9 Å². The van der Waals surface area contributed by atoms with Crippen molar-refractivity contribution in [1.29, 1.82) is 0 Å². The summed E-state index contributed by atoms with van der Waals surface area (Å²) < 4.78 is 40.5. The average molecular weight is 358 g/mol. The number of alkyl halides is 2. The van der Waals surface area contributed by atoms with Crippen molar-refractivity contribution < 1.29 is 18.3 Å². The summed E-state index contributed by atoms with van der Waals surface area (Å²) in [5.41, 5.74) is 0.0726. The maximum atomic E-state index is 13.9. The molecular weight excluding hydrogens is 344 g/mol. The van der Waals surface area contributed by atoms with Crippen molar-refractivity contribution in [2.24, 2.45) is 5.92 Å². The first kappa shape index (κ1) is 15.1. The molecule has 19 heavy (non-hydrogen) atoms. The van der Waals surface area contributed by atoms with Gasteiger partial charge in [0.15, 0.2) is 0 Å². The van der Waals surface area contributed by atoms with Gasteiger partial charge < -0.3 is 5.11 Å². The van der Waals surface area contributed by atoms with Gasteiger partial charge in [-0.3, -0.25) is 0 Å². The highest BCUT2D eigenvalue weighted by molar-refractivity contribution is 9.10. The van der Waals surface area contributed by atoms with Gasteiger partial charge in [-0.1, -0.05) is 17.7 Å². The first-order chi connectivity index (χ1) is 8.82. The fourth-order valence-electron chi connectivity index (χ4n) is 2.40. The van der Waals surface area contributed by atoms with Crippen LogP contribution in [0.25, 0.3) is 0 Å². The topological polar surface area (TPSA) is 20.2 Å². The summed E-state index contributed by atoms with van der Waals surface area (Å²) in [7, 11) is 0. The third kappa shape index (κ3) is 3.26. The molecule has 106 valence electrons. The van der Waals surface area contributed by atoms with E-state index in [9.17, 15) is 18.3 Å². The smallest absolute Gasteiger partial charge is 0.248 e. The van der Waals surface area contributed by atoms with E-state index >= 15 is 0 Å². The summed E-state index contributed by atoms with van der Waals surface area (Å²) in [5.74, 6) is -3.71. The van der Waals surface area contributed by atoms with Gasteiger partial charge in [-0.15, -0.1) is 0 Å². The Balaban J connectivity index is 2.17. The fourth-order valence-corrected chi connectivity index (χ4v) is 2.88. The van der Waals surface area contributed by atoms with Crippen LogP contribution in [0.15, 0.2) is 16.6 Å². The Morgan fingerprint density at radius 2 is 1.89 bits per heavy atom. The van der Waals surface area contributed by atoms with Crippen molar-refractivity contribution in [2.45, 2.75) is 37.7 Å². The Hall–Kier alpha value is -0.260. The van der Waals surface area contributed by atoms with Gasteiger partial charge in [0.25, 0.3) is 0 Å². The van der Waals surface area contributed by atoms with Crippen molar-refractivity contribution in [3.63, 3.8) is 0 Å². The van der Waals surface area contributed by atoms with Gasteiger partial charge in [-0.05, 0) is 40.8 Å². The fraction of sp³-hybridized carbons (Fsp3) is 0.538. The Kier molecular flexibility index (Phi) is 4.48. The molecule has 0 saturated heterocycles. The van der Waals surface area contributed by atoms with E-state index in [0.29, 0.717) is 4.47 Å². The van der Waals surface area contributed by atoms with E-state index < -0.39 is 17.8 Å². The molecule has 1 aromatic rings. The standard InChI is InChI=1S/C13H13BrClF3O/c14-9-2-1-8(11(16)10(9)15)12(19)7-3-5-13(17,18)6-4-7/h1-2,7,12,19H,3-6H2. The third-order valence-corrected chi connectivity index (χ3v) is 4.85. The first-order valence-electron chi connectivity index (χ1n) is 6.01. The molecular formula is C13H13BrClF3O. The molecule has 1 fully saturated rings. The largest absolute Gasteiger partial charge is 0.388 e. The summed E-state index contributed by atoms with van der Waals surface area (Å²) in [6, 6.07) is 2.98. The molecule has 0 radical (unpaired) electrons. The monoisotopic (exact) mass is 356 g/mol. The van der Waals surface area contributed by atoms with Gasteiger partial charge in [0.1, 0.15) is 5.82 Å². The van der Waals surface area contributed by atoms with E-state index in [1.165, 1.54) is 6.07 Å². The maximum Gasteiger partial charge on any atom is 0.248 e. The Morgan fingerprint density at radius 3 is 2.47 bits per heavy atom. The van der Waals surface area contributed by atoms with Crippen LogP contribution in [0.1, 0.15) is 37.4 Å². The molecule has 0 bridgehead atoms. The Labute approximate surface area is 122 Å². The number of rotatable bonds is 2. The van der Waals surface area contributed by atoms with E-state index in [-0.39, 0.29) is 42.2 Å². The molecule has 6 heteroatoms. The maximum absolute atomic E-state index is 13.9. The molecule has 1 saturated carbocycles. The number of aliphatic hydroxyl groups is 1. The summed E-state index contributed by atoms with van der Waals surface area (Å²) in [6.45, 7) is 0. The second-order valence-electron chi connectivity index (χ2n) is 4.90. The second-order valence-corrected chi connectivity index (χ2v) is 6.14. The van der Waals surface area contributed by atoms with Crippen LogP contribution in [0.4, 0.5) is 13.2 Å². The molecule has 0 aromatic heterocycles. The minimum atomic E-state index is -2.66. The highest BCUT2D eigenvalue weighted by Crippen LogP contribution is 2.42. The van der Waals surface area contributed by atoms with Crippen LogP contribution in [-0.4, -0.2) is 11.0 Å². The third-order valence-electron chi connectivity index (χ3n) is 3.59. The highest BCUT2D eigenvalue weighted by atomic mass is 79.9. The van der Waals surface area contributed by atoms with Gasteiger partial charge >= 0.3 is 0 Å². The molecule has 1 nitrogen and oxygen atoms in total. The Bertz CT molecular complexity index is 471. The summed E-state index contributed by atoms with van der Waals surface area (Å²) in [5, 5.41) is 10.1. The predicted molar refractivity (Wildman–Crippen MR) is 71.0 cm³/mol. The van der Waals surface area contributed by atoms with Crippen LogP contribution in [-0.2, 0) is 0 Å². The predicted octanol–water partition coefficient (Wildman–Crippen LogP) is 5.10. The highest BCUT2D eigenvalue weighted by Gasteiger charge is 2.38. The zero-order valence-electron chi connectivity index (χ0n) is 9.97. The second kappa shape index (κ2) is 5.62. The number of aliphatic hydroxyl groups excluding tert-OH is 1. The molecule has 1 unspecified atom stereocenters. The van der Waals surface area contributed by atoms with Crippen LogP contribution in [0.5, 0.6) is 0 Å². The number of halogens is 5. The molecule has 1 aliphatic rings. The van der Waals surface area contributed by atoms with E-state index in [0.717, 1.165) is 0 Å². The zero-order chi connectivity index (χ0) is 14.2. The number of benzene rings is 1. The lowest BCUT2D eigenvalue weighted by Gasteiger charge is -2.31. The minimum absolute atomic E-state index is 0.0726. The summed E-state index contributed by atoms with van der Waals surface area (Å²) in [4.78, 5) is 0. The molecule has 0 spiro atoms. The molecule has 0 amide bonds. The van der Waals surface area contributed by atoms with Crippen molar-refractivity contribution in [2.75, 3.05) is 0 Å². The first-order valence-corrected chi connectivity index (χ1v) is 7.18. The lowest BCUT2D eigenvalue weighted by atomic mass is 9.81. The van der Waals surface area contributed by atoms with Crippen molar-refractivity contribution in [3.8, 4) is 0 Å². The lowest BCUT2D eigenvalue weighted by Crippen LogP contribution is -2.28.